The summed E-state index contributed by atoms with van der Waals surface area (Å²) in [6, 6.07) is 14.9. The summed E-state index contributed by atoms with van der Waals surface area (Å²) in [6.45, 7) is 2.13. The van der Waals surface area contributed by atoms with Crippen molar-refractivity contribution in [3.05, 3.63) is 64.7 Å². The van der Waals surface area contributed by atoms with Crippen molar-refractivity contribution in [1.82, 2.24) is 0 Å². The van der Waals surface area contributed by atoms with Crippen LogP contribution in [0.15, 0.2) is 42.5 Å². The van der Waals surface area contributed by atoms with Crippen molar-refractivity contribution in [2.75, 3.05) is 5.32 Å². The van der Waals surface area contributed by atoms with E-state index in [1.807, 2.05) is 12.1 Å². The maximum atomic E-state index is 11.4. The maximum Gasteiger partial charge on any atom is 0.335 e. The van der Waals surface area contributed by atoms with Gasteiger partial charge in [0.25, 0.3) is 0 Å². The zero-order valence-electron chi connectivity index (χ0n) is 14.4. The van der Waals surface area contributed by atoms with Crippen LogP contribution in [0.4, 0.5) is 5.69 Å². The van der Waals surface area contributed by atoms with Gasteiger partial charge in [0, 0.05) is 5.69 Å². The molecule has 2 aromatic carbocycles. The average molecular weight is 333 g/mol. The minimum atomic E-state index is -0.830. The highest BCUT2D eigenvalue weighted by Crippen LogP contribution is 2.63. The van der Waals surface area contributed by atoms with Gasteiger partial charge in [-0.05, 0) is 79.2 Å². The zero-order valence-corrected chi connectivity index (χ0v) is 14.4. The van der Waals surface area contributed by atoms with Crippen molar-refractivity contribution in [3.63, 3.8) is 0 Å². The van der Waals surface area contributed by atoms with E-state index in [9.17, 15) is 9.90 Å². The largest absolute Gasteiger partial charge is 0.478 e. The lowest BCUT2D eigenvalue weighted by Crippen LogP contribution is -2.35. The first-order valence-electron chi connectivity index (χ1n) is 9.32. The number of hydrogen-bond donors (Lipinski definition) is 2. The Morgan fingerprint density at radius 3 is 2.60 bits per heavy atom. The van der Waals surface area contributed by atoms with Gasteiger partial charge in [-0.15, -0.1) is 0 Å². The Labute approximate surface area is 148 Å². The van der Waals surface area contributed by atoms with Crippen LogP contribution in [0.3, 0.4) is 0 Å². The first-order chi connectivity index (χ1) is 12.1. The van der Waals surface area contributed by atoms with Gasteiger partial charge in [-0.3, -0.25) is 0 Å². The summed E-state index contributed by atoms with van der Waals surface area (Å²) < 4.78 is 0. The Morgan fingerprint density at radius 1 is 1.08 bits per heavy atom. The molecule has 1 heterocycles. The summed E-state index contributed by atoms with van der Waals surface area (Å²) in [5, 5.41) is 13.2. The van der Waals surface area contributed by atoms with E-state index in [1.165, 1.54) is 36.0 Å². The van der Waals surface area contributed by atoms with Gasteiger partial charge in [-0.2, -0.15) is 0 Å². The summed E-state index contributed by atoms with van der Waals surface area (Å²) in [7, 11) is 0. The molecular formula is C22H23NO2. The Morgan fingerprint density at radius 2 is 1.84 bits per heavy atom. The highest BCUT2D eigenvalue weighted by molar-refractivity contribution is 5.88. The second-order valence-corrected chi connectivity index (χ2v) is 8.08. The number of fused-ring (bicyclic) bond motifs is 7. The van der Waals surface area contributed by atoms with Gasteiger partial charge in [0.1, 0.15) is 0 Å². The molecule has 128 valence electrons. The fourth-order valence-electron chi connectivity index (χ4n) is 5.72. The van der Waals surface area contributed by atoms with Crippen molar-refractivity contribution in [2.45, 2.75) is 38.1 Å². The van der Waals surface area contributed by atoms with Gasteiger partial charge >= 0.3 is 5.97 Å². The fourth-order valence-corrected chi connectivity index (χ4v) is 5.72. The Bertz CT molecular complexity index is 842. The molecular weight excluding hydrogens is 310 g/mol. The van der Waals surface area contributed by atoms with Gasteiger partial charge in [0.2, 0.25) is 0 Å². The number of nitrogens with one attached hydrogen (secondary N) is 1. The summed E-state index contributed by atoms with van der Waals surface area (Å²) in [5.74, 6) is 1.73. The highest BCUT2D eigenvalue weighted by Gasteiger charge is 2.53. The number of anilines is 1. The van der Waals surface area contributed by atoms with E-state index < -0.39 is 5.97 Å². The van der Waals surface area contributed by atoms with Crippen LogP contribution in [-0.4, -0.2) is 11.1 Å². The smallest absolute Gasteiger partial charge is 0.335 e. The van der Waals surface area contributed by atoms with E-state index in [0.29, 0.717) is 29.4 Å². The third-order valence-electron chi connectivity index (χ3n) is 6.77. The molecule has 5 rings (SSSR count). The maximum absolute atomic E-state index is 11.4. The predicted octanol–water partition coefficient (Wildman–Crippen LogP) is 4.99. The van der Waals surface area contributed by atoms with Crippen LogP contribution in [0.2, 0.25) is 0 Å². The van der Waals surface area contributed by atoms with Crippen LogP contribution < -0.4 is 5.32 Å². The predicted molar refractivity (Wildman–Crippen MR) is 98.0 cm³/mol. The second kappa shape index (κ2) is 5.35. The molecule has 2 fully saturated rings. The molecule has 3 nitrogen and oxygen atoms in total. The van der Waals surface area contributed by atoms with E-state index in [-0.39, 0.29) is 0 Å². The molecule has 0 aromatic heterocycles. The molecule has 2 aliphatic carbocycles. The van der Waals surface area contributed by atoms with Crippen molar-refractivity contribution in [3.8, 4) is 0 Å². The molecule has 2 bridgehead atoms. The Hall–Kier alpha value is -2.29. The van der Waals surface area contributed by atoms with E-state index >= 15 is 0 Å². The number of carbonyl (C=O) groups is 1. The van der Waals surface area contributed by atoms with Gasteiger partial charge in [0.15, 0.2) is 0 Å². The Kier molecular flexibility index (Phi) is 3.21. The van der Waals surface area contributed by atoms with Crippen LogP contribution in [0, 0.1) is 24.7 Å². The van der Waals surface area contributed by atoms with Crippen molar-refractivity contribution in [1.29, 1.82) is 0 Å². The first kappa shape index (κ1) is 15.0. The lowest BCUT2D eigenvalue weighted by molar-refractivity contribution is 0.0696. The molecule has 2 saturated carbocycles. The van der Waals surface area contributed by atoms with E-state index in [4.69, 9.17) is 0 Å². The Balaban J connectivity index is 1.62. The number of hydrogen-bond acceptors (Lipinski definition) is 2. The van der Waals surface area contributed by atoms with Gasteiger partial charge in [0.05, 0.1) is 11.6 Å². The van der Waals surface area contributed by atoms with Crippen molar-refractivity contribution in [2.24, 2.45) is 17.8 Å². The molecule has 2 N–H and O–H groups in total. The minimum Gasteiger partial charge on any atom is -0.478 e. The molecule has 3 heteroatoms. The molecule has 3 aliphatic rings. The molecule has 0 amide bonds. The van der Waals surface area contributed by atoms with Crippen molar-refractivity contribution >= 4 is 11.7 Å². The molecule has 5 atom stereocenters. The third-order valence-corrected chi connectivity index (χ3v) is 6.77. The lowest BCUT2D eigenvalue weighted by atomic mass is 9.68. The molecule has 0 saturated heterocycles. The average Bonchev–Trinajstić information content (AvgIpc) is 3.23. The van der Waals surface area contributed by atoms with Crippen LogP contribution in [-0.2, 0) is 0 Å². The lowest BCUT2D eigenvalue weighted by Gasteiger charge is -2.43. The van der Waals surface area contributed by atoms with E-state index in [0.717, 1.165) is 11.6 Å². The summed E-state index contributed by atoms with van der Waals surface area (Å²) in [5.41, 5.74) is 5.43. The monoisotopic (exact) mass is 333 g/mol. The van der Waals surface area contributed by atoms with Crippen LogP contribution >= 0.6 is 0 Å². The summed E-state index contributed by atoms with van der Waals surface area (Å²) >= 11 is 0. The number of rotatable bonds is 2. The van der Waals surface area contributed by atoms with Crippen LogP contribution in [0.25, 0.3) is 0 Å². The normalized spacial score (nSPS) is 32.0. The van der Waals surface area contributed by atoms with Gasteiger partial charge in [-0.25, -0.2) is 4.79 Å². The van der Waals surface area contributed by atoms with Crippen LogP contribution in [0.5, 0.6) is 0 Å². The standard InChI is InChI=1S/C22H23NO2/c1-12-2-4-13(5-3-12)21-20-15-7-6-14(10-15)19(20)17-11-16(22(24)25)8-9-18(17)23-21/h2-5,8-9,11,14-15,19-21,23H,6-7,10H2,1H3,(H,24,25)/t14-,15-,19+,20-,21-/m0/s1. The molecule has 2 aromatic rings. The van der Waals surface area contributed by atoms with Gasteiger partial charge in [-0.1, -0.05) is 29.8 Å². The van der Waals surface area contributed by atoms with E-state index in [2.05, 4.69) is 36.5 Å². The van der Waals surface area contributed by atoms with Crippen LogP contribution in [0.1, 0.15) is 58.3 Å². The molecule has 1 aliphatic heterocycles. The molecule has 0 unspecified atom stereocenters. The number of carboxylic acid groups (broad SMARTS) is 1. The summed E-state index contributed by atoms with van der Waals surface area (Å²) in [4.78, 5) is 11.4. The topological polar surface area (TPSA) is 49.3 Å². The first-order valence-corrected chi connectivity index (χ1v) is 9.32. The summed E-state index contributed by atoms with van der Waals surface area (Å²) in [6.07, 6.45) is 3.92. The second-order valence-electron chi connectivity index (χ2n) is 8.08. The fraction of sp³-hybridized carbons (Fsp3) is 0.409. The number of benzene rings is 2. The minimum absolute atomic E-state index is 0.337. The number of aromatic carboxylic acids is 1. The number of carboxylic acids is 1. The van der Waals surface area contributed by atoms with Crippen molar-refractivity contribution < 1.29 is 9.90 Å². The molecule has 0 spiro atoms. The third kappa shape index (κ3) is 2.21. The highest BCUT2D eigenvalue weighted by atomic mass is 16.4. The SMILES string of the molecule is Cc1ccc([C@@H]2Nc3ccc(C(=O)O)cc3[C@H]3[C@H]4CC[C@@H](C4)[C@@H]32)cc1. The van der Waals surface area contributed by atoms with Gasteiger partial charge < -0.3 is 10.4 Å². The molecule has 0 radical (unpaired) electrons. The zero-order chi connectivity index (χ0) is 17.1. The number of aryl methyl sites for hydroxylation is 1. The van der Waals surface area contributed by atoms with E-state index in [1.54, 1.807) is 6.07 Å². The quantitative estimate of drug-likeness (QED) is 0.814. The molecule has 25 heavy (non-hydrogen) atoms.